The van der Waals surface area contributed by atoms with Crippen LogP contribution < -0.4 is 10.2 Å². The molecular weight excluding hydrogens is 390 g/mol. The van der Waals surface area contributed by atoms with Crippen LogP contribution in [-0.4, -0.2) is 73.5 Å². The molecule has 30 heavy (non-hydrogen) atoms. The first-order valence-corrected chi connectivity index (χ1v) is 10.9. The second kappa shape index (κ2) is 8.98. The number of amides is 2. The summed E-state index contributed by atoms with van der Waals surface area (Å²) in [6, 6.07) is 3.79. The van der Waals surface area contributed by atoms with Crippen LogP contribution in [0.2, 0.25) is 0 Å². The van der Waals surface area contributed by atoms with Crippen molar-refractivity contribution in [2.45, 2.75) is 44.2 Å². The van der Waals surface area contributed by atoms with Gasteiger partial charge in [-0.05, 0) is 58.0 Å². The quantitative estimate of drug-likeness (QED) is 0.810. The van der Waals surface area contributed by atoms with E-state index in [1.165, 1.54) is 17.7 Å². The first-order valence-electron chi connectivity index (χ1n) is 10.9. The molecule has 3 heterocycles. The third kappa shape index (κ3) is 4.81. The summed E-state index contributed by atoms with van der Waals surface area (Å²) < 4.78 is 27.0. The lowest BCUT2D eigenvalue weighted by Crippen LogP contribution is -2.51. The molecule has 0 bridgehead atoms. The molecule has 2 amide bonds. The van der Waals surface area contributed by atoms with Gasteiger partial charge in [-0.2, -0.15) is 0 Å². The Morgan fingerprint density at radius 2 is 1.63 bits per heavy atom. The first kappa shape index (κ1) is 21.2. The van der Waals surface area contributed by atoms with Crippen LogP contribution in [0.5, 0.6) is 0 Å². The van der Waals surface area contributed by atoms with Crippen LogP contribution in [0.15, 0.2) is 18.2 Å². The molecule has 0 aromatic heterocycles. The highest BCUT2D eigenvalue weighted by atomic mass is 19.1. The molecule has 3 saturated heterocycles. The van der Waals surface area contributed by atoms with Gasteiger partial charge < -0.3 is 20.0 Å². The van der Waals surface area contributed by atoms with Gasteiger partial charge >= 0.3 is 0 Å². The lowest BCUT2D eigenvalue weighted by atomic mass is 9.97. The smallest absolute Gasteiger partial charge is 0.227 e. The number of carbonyl (C=O) groups is 2. The van der Waals surface area contributed by atoms with Gasteiger partial charge in [0.2, 0.25) is 11.8 Å². The monoisotopic (exact) mass is 420 g/mol. The van der Waals surface area contributed by atoms with Gasteiger partial charge in [0.15, 0.2) is 0 Å². The summed E-state index contributed by atoms with van der Waals surface area (Å²) in [7, 11) is 2.16. The molecule has 4 rings (SSSR count). The van der Waals surface area contributed by atoms with Crippen molar-refractivity contribution in [3.8, 4) is 0 Å². The van der Waals surface area contributed by atoms with Gasteiger partial charge in [0.05, 0.1) is 5.92 Å². The van der Waals surface area contributed by atoms with Crippen molar-refractivity contribution in [3.63, 3.8) is 0 Å². The summed E-state index contributed by atoms with van der Waals surface area (Å²) in [5.41, 5.74) is 0.166. The van der Waals surface area contributed by atoms with Crippen LogP contribution in [0.25, 0.3) is 0 Å². The minimum absolute atomic E-state index is 0.0679. The first-order chi connectivity index (χ1) is 14.4. The Balaban J connectivity index is 1.27. The highest BCUT2D eigenvalue weighted by molar-refractivity contribution is 6.00. The minimum Gasteiger partial charge on any atom is -0.353 e. The Morgan fingerprint density at radius 3 is 2.27 bits per heavy atom. The molecule has 3 aliphatic heterocycles. The molecule has 3 aliphatic rings. The van der Waals surface area contributed by atoms with Crippen LogP contribution >= 0.6 is 0 Å². The molecular formula is C22H30F2N4O2. The number of nitrogens with one attached hydrogen (secondary N) is 1. The fourth-order valence-corrected chi connectivity index (χ4v) is 4.92. The van der Waals surface area contributed by atoms with Crippen molar-refractivity contribution < 1.29 is 18.4 Å². The number of likely N-dealkylation sites (tertiary alicyclic amines) is 2. The molecule has 6 nitrogen and oxygen atoms in total. The summed E-state index contributed by atoms with van der Waals surface area (Å²) in [5.74, 6) is -2.38. The molecule has 0 aliphatic carbocycles. The van der Waals surface area contributed by atoms with Crippen LogP contribution in [0.3, 0.4) is 0 Å². The van der Waals surface area contributed by atoms with E-state index in [1.54, 1.807) is 0 Å². The van der Waals surface area contributed by atoms with Gasteiger partial charge in [-0.3, -0.25) is 9.59 Å². The number of anilines is 1. The van der Waals surface area contributed by atoms with Crippen LogP contribution in [0, 0.1) is 17.6 Å². The van der Waals surface area contributed by atoms with Gasteiger partial charge in [-0.15, -0.1) is 0 Å². The van der Waals surface area contributed by atoms with Crippen molar-refractivity contribution >= 4 is 17.5 Å². The second-order valence-electron chi connectivity index (χ2n) is 8.89. The van der Waals surface area contributed by atoms with Crippen molar-refractivity contribution in [1.82, 2.24) is 15.1 Å². The zero-order chi connectivity index (χ0) is 21.3. The van der Waals surface area contributed by atoms with E-state index < -0.39 is 17.6 Å². The number of benzene rings is 1. The molecule has 164 valence electrons. The average Bonchev–Trinajstić information content (AvgIpc) is 3.10. The Kier molecular flexibility index (Phi) is 6.34. The number of carbonyl (C=O) groups excluding carboxylic acids is 2. The van der Waals surface area contributed by atoms with Gasteiger partial charge in [-0.1, -0.05) is 0 Å². The molecule has 1 aromatic carbocycles. The van der Waals surface area contributed by atoms with E-state index in [1.807, 2.05) is 0 Å². The van der Waals surface area contributed by atoms with E-state index in [9.17, 15) is 18.4 Å². The molecule has 1 aromatic rings. The molecule has 0 radical (unpaired) electrons. The number of halogens is 2. The molecule has 1 unspecified atom stereocenters. The summed E-state index contributed by atoms with van der Waals surface area (Å²) in [4.78, 5) is 31.3. The SMILES string of the molecule is CN1CCC(N2CCC(NC(=O)C3CC(=O)N(c4cc(F)cc(F)c4)C3)CC2)CC1. The van der Waals surface area contributed by atoms with Gasteiger partial charge in [0.25, 0.3) is 0 Å². The molecule has 1 atom stereocenters. The van der Waals surface area contributed by atoms with Crippen molar-refractivity contribution in [2.75, 3.05) is 44.7 Å². The molecule has 0 spiro atoms. The molecule has 8 heteroatoms. The summed E-state index contributed by atoms with van der Waals surface area (Å²) in [6.07, 6.45) is 4.30. The van der Waals surface area contributed by atoms with E-state index in [2.05, 4.69) is 22.2 Å². The standard InChI is InChI=1S/C22H30F2N4O2/c1-26-6-4-19(5-7-26)27-8-2-18(3-9-27)25-22(30)15-10-21(29)28(14-15)20-12-16(23)11-17(24)13-20/h11-13,15,18-19H,2-10,14H2,1H3,(H,25,30). The predicted octanol–water partition coefficient (Wildman–Crippen LogP) is 1.99. The zero-order valence-electron chi connectivity index (χ0n) is 17.4. The topological polar surface area (TPSA) is 55.9 Å². The molecule has 0 saturated carbocycles. The maximum absolute atomic E-state index is 13.5. The summed E-state index contributed by atoms with van der Waals surface area (Å²) >= 11 is 0. The van der Waals surface area contributed by atoms with Crippen molar-refractivity contribution in [2.24, 2.45) is 5.92 Å². The van der Waals surface area contributed by atoms with Crippen LogP contribution in [0.1, 0.15) is 32.1 Å². The van der Waals surface area contributed by atoms with Crippen molar-refractivity contribution in [3.05, 3.63) is 29.8 Å². The zero-order valence-corrected chi connectivity index (χ0v) is 17.4. The van der Waals surface area contributed by atoms with E-state index in [0.717, 1.165) is 57.2 Å². The minimum atomic E-state index is -0.734. The predicted molar refractivity (Wildman–Crippen MR) is 110 cm³/mol. The normalized spacial score (nSPS) is 25.1. The number of piperidine rings is 2. The fraction of sp³-hybridized carbons (Fsp3) is 0.636. The third-order valence-corrected chi connectivity index (χ3v) is 6.74. The molecule has 1 N–H and O–H groups in total. The van der Waals surface area contributed by atoms with E-state index in [-0.39, 0.29) is 36.5 Å². The summed E-state index contributed by atoms with van der Waals surface area (Å²) in [5, 5.41) is 3.11. The largest absolute Gasteiger partial charge is 0.353 e. The van der Waals surface area contributed by atoms with Crippen LogP contribution in [-0.2, 0) is 9.59 Å². The maximum Gasteiger partial charge on any atom is 0.227 e. The number of hydrogen-bond acceptors (Lipinski definition) is 4. The molecule has 3 fully saturated rings. The summed E-state index contributed by atoms with van der Waals surface area (Å²) in [6.45, 7) is 4.41. The third-order valence-electron chi connectivity index (χ3n) is 6.74. The number of nitrogens with zero attached hydrogens (tertiary/aromatic N) is 3. The maximum atomic E-state index is 13.5. The Bertz CT molecular complexity index is 769. The Labute approximate surface area is 176 Å². The van der Waals surface area contributed by atoms with Gasteiger partial charge in [0, 0.05) is 49.9 Å². The second-order valence-corrected chi connectivity index (χ2v) is 8.89. The lowest BCUT2D eigenvalue weighted by Gasteiger charge is -2.41. The lowest BCUT2D eigenvalue weighted by molar-refractivity contribution is -0.127. The van der Waals surface area contributed by atoms with Gasteiger partial charge in [-0.25, -0.2) is 8.78 Å². The van der Waals surface area contributed by atoms with Crippen LogP contribution in [0.4, 0.5) is 14.5 Å². The van der Waals surface area contributed by atoms with E-state index >= 15 is 0 Å². The van der Waals surface area contributed by atoms with Gasteiger partial charge in [0.1, 0.15) is 11.6 Å². The fourth-order valence-electron chi connectivity index (χ4n) is 4.92. The van der Waals surface area contributed by atoms with E-state index in [0.29, 0.717) is 6.04 Å². The number of hydrogen-bond donors (Lipinski definition) is 1. The number of rotatable bonds is 4. The highest BCUT2D eigenvalue weighted by Crippen LogP contribution is 2.27. The van der Waals surface area contributed by atoms with E-state index in [4.69, 9.17) is 0 Å². The highest BCUT2D eigenvalue weighted by Gasteiger charge is 2.37. The average molecular weight is 421 g/mol. The van der Waals surface area contributed by atoms with Crippen molar-refractivity contribution in [1.29, 1.82) is 0 Å². The Hall–Kier alpha value is -2.06. The Morgan fingerprint density at radius 1 is 1.00 bits per heavy atom.